The predicted octanol–water partition coefficient (Wildman–Crippen LogP) is 0.833. The summed E-state index contributed by atoms with van der Waals surface area (Å²) in [6.07, 6.45) is 1.79. The second-order valence-corrected chi connectivity index (χ2v) is 7.28. The smallest absolute Gasteiger partial charge is 0.270 e. The van der Waals surface area contributed by atoms with Crippen molar-refractivity contribution in [3.8, 4) is 0 Å². The molecule has 2 aliphatic heterocycles. The van der Waals surface area contributed by atoms with Gasteiger partial charge in [-0.2, -0.15) is 0 Å². The Morgan fingerprint density at radius 3 is 3.12 bits per heavy atom. The number of carbonyl (C=O) groups is 1. The molecule has 1 aromatic heterocycles. The molecule has 0 saturated carbocycles. The van der Waals surface area contributed by atoms with E-state index in [9.17, 15) is 9.59 Å². The minimum atomic E-state index is -0.222. The molecular formula is C19H24N4O3. The molecule has 2 aliphatic rings. The molecule has 0 unspecified atom stereocenters. The number of amides is 1. The standard InChI is InChI=1S/C19H24N4O3/c1-12-9-23-10-13(8-14(23)11-26-12)20-18(24)7-6-17-19(25)22-16-5-3-2-4-15(16)21-17/h2-5,12-14H,6-11H2,1H3,(H,20,24)(H,22,25)/t12-,13-,14+/m1/s1. The summed E-state index contributed by atoms with van der Waals surface area (Å²) in [5.41, 5.74) is 1.64. The van der Waals surface area contributed by atoms with E-state index in [2.05, 4.69) is 27.1 Å². The van der Waals surface area contributed by atoms with Crippen molar-refractivity contribution in [1.29, 1.82) is 0 Å². The zero-order valence-electron chi connectivity index (χ0n) is 14.9. The molecule has 7 nitrogen and oxygen atoms in total. The average molecular weight is 356 g/mol. The monoisotopic (exact) mass is 356 g/mol. The van der Waals surface area contributed by atoms with Crippen molar-refractivity contribution >= 4 is 16.9 Å². The number of aromatic nitrogens is 2. The molecule has 0 bridgehead atoms. The quantitative estimate of drug-likeness (QED) is 0.847. The second-order valence-electron chi connectivity index (χ2n) is 7.28. The highest BCUT2D eigenvalue weighted by Gasteiger charge is 2.36. The number of rotatable bonds is 4. The van der Waals surface area contributed by atoms with Crippen molar-refractivity contribution in [2.75, 3.05) is 19.7 Å². The van der Waals surface area contributed by atoms with Gasteiger partial charge in [0, 0.05) is 38.0 Å². The van der Waals surface area contributed by atoms with Crippen molar-refractivity contribution in [1.82, 2.24) is 20.2 Å². The zero-order valence-corrected chi connectivity index (χ0v) is 14.9. The van der Waals surface area contributed by atoms with E-state index in [1.54, 1.807) is 0 Å². The van der Waals surface area contributed by atoms with Crippen molar-refractivity contribution in [2.24, 2.45) is 0 Å². The van der Waals surface area contributed by atoms with Gasteiger partial charge in [0.05, 0.1) is 23.7 Å². The number of nitrogens with one attached hydrogen (secondary N) is 2. The Morgan fingerprint density at radius 1 is 1.38 bits per heavy atom. The Hall–Kier alpha value is -2.25. The van der Waals surface area contributed by atoms with E-state index < -0.39 is 0 Å². The number of benzene rings is 1. The van der Waals surface area contributed by atoms with Crippen molar-refractivity contribution in [2.45, 2.75) is 44.4 Å². The molecule has 138 valence electrons. The third kappa shape index (κ3) is 3.64. The second kappa shape index (κ2) is 7.17. The van der Waals surface area contributed by atoms with Gasteiger partial charge in [0.15, 0.2) is 0 Å². The number of aryl methyl sites for hydroxylation is 1. The van der Waals surface area contributed by atoms with Gasteiger partial charge in [0.2, 0.25) is 5.91 Å². The summed E-state index contributed by atoms with van der Waals surface area (Å²) in [6.45, 7) is 4.62. The lowest BCUT2D eigenvalue weighted by Crippen LogP contribution is -2.45. The predicted molar refractivity (Wildman–Crippen MR) is 98.0 cm³/mol. The maximum atomic E-state index is 12.3. The highest BCUT2D eigenvalue weighted by molar-refractivity contribution is 5.77. The van der Waals surface area contributed by atoms with Crippen LogP contribution in [0.3, 0.4) is 0 Å². The van der Waals surface area contributed by atoms with Crippen LogP contribution in [-0.4, -0.2) is 58.7 Å². The molecule has 2 N–H and O–H groups in total. The molecule has 2 saturated heterocycles. The van der Waals surface area contributed by atoms with Gasteiger partial charge in [-0.3, -0.25) is 14.5 Å². The maximum Gasteiger partial charge on any atom is 0.270 e. The van der Waals surface area contributed by atoms with Crippen LogP contribution in [-0.2, 0) is 16.0 Å². The van der Waals surface area contributed by atoms with Crippen LogP contribution in [0, 0.1) is 0 Å². The molecule has 1 aromatic carbocycles. The van der Waals surface area contributed by atoms with Gasteiger partial charge < -0.3 is 15.0 Å². The lowest BCUT2D eigenvalue weighted by atomic mass is 10.1. The Labute approximate surface area is 151 Å². The zero-order chi connectivity index (χ0) is 18.1. The van der Waals surface area contributed by atoms with Crippen LogP contribution >= 0.6 is 0 Å². The van der Waals surface area contributed by atoms with Crippen molar-refractivity contribution in [3.63, 3.8) is 0 Å². The van der Waals surface area contributed by atoms with E-state index >= 15 is 0 Å². The molecule has 2 fully saturated rings. The Bertz CT molecular complexity index is 865. The number of nitrogens with zero attached hydrogens (tertiary/aromatic N) is 2. The van der Waals surface area contributed by atoms with Crippen molar-refractivity contribution in [3.05, 3.63) is 40.3 Å². The maximum absolute atomic E-state index is 12.3. The number of fused-ring (bicyclic) bond motifs is 2. The van der Waals surface area contributed by atoms with Crippen LogP contribution in [0.1, 0.15) is 25.5 Å². The molecule has 4 rings (SSSR count). The van der Waals surface area contributed by atoms with Gasteiger partial charge in [-0.25, -0.2) is 4.98 Å². The molecule has 1 amide bonds. The number of carbonyl (C=O) groups excluding carboxylic acids is 1. The summed E-state index contributed by atoms with van der Waals surface area (Å²) in [6, 6.07) is 7.97. The number of morpholine rings is 1. The van der Waals surface area contributed by atoms with Crippen LogP contribution in [0.4, 0.5) is 0 Å². The molecule has 0 aliphatic carbocycles. The van der Waals surface area contributed by atoms with Crippen molar-refractivity contribution < 1.29 is 9.53 Å². The van der Waals surface area contributed by atoms with E-state index in [-0.39, 0.29) is 30.0 Å². The lowest BCUT2D eigenvalue weighted by molar-refractivity contribution is -0.121. The summed E-state index contributed by atoms with van der Waals surface area (Å²) in [4.78, 5) is 34.1. The number of H-pyrrole nitrogens is 1. The molecule has 0 spiro atoms. The van der Waals surface area contributed by atoms with E-state index in [4.69, 9.17) is 4.74 Å². The summed E-state index contributed by atoms with van der Waals surface area (Å²) in [5, 5.41) is 3.10. The minimum absolute atomic E-state index is 0.0295. The summed E-state index contributed by atoms with van der Waals surface area (Å²) in [7, 11) is 0. The topological polar surface area (TPSA) is 87.3 Å². The van der Waals surface area contributed by atoms with Gasteiger partial charge in [0.25, 0.3) is 5.56 Å². The summed E-state index contributed by atoms with van der Waals surface area (Å²) >= 11 is 0. The first-order valence-corrected chi connectivity index (χ1v) is 9.21. The first-order valence-electron chi connectivity index (χ1n) is 9.21. The molecule has 3 heterocycles. The highest BCUT2D eigenvalue weighted by atomic mass is 16.5. The van der Waals surface area contributed by atoms with Crippen LogP contribution in [0.2, 0.25) is 0 Å². The molecular weight excluding hydrogens is 332 g/mol. The Kier molecular flexibility index (Phi) is 4.74. The first kappa shape index (κ1) is 17.2. The lowest BCUT2D eigenvalue weighted by Gasteiger charge is -2.33. The number of hydrogen-bond acceptors (Lipinski definition) is 5. The molecule has 0 radical (unpaired) electrons. The Balaban J connectivity index is 1.33. The van der Waals surface area contributed by atoms with Gasteiger partial charge in [0.1, 0.15) is 5.69 Å². The number of aromatic amines is 1. The van der Waals surface area contributed by atoms with Gasteiger partial charge in [-0.1, -0.05) is 12.1 Å². The Morgan fingerprint density at radius 2 is 2.23 bits per heavy atom. The minimum Gasteiger partial charge on any atom is -0.376 e. The van der Waals surface area contributed by atoms with Gasteiger partial charge >= 0.3 is 0 Å². The average Bonchev–Trinajstić information content (AvgIpc) is 3.01. The van der Waals surface area contributed by atoms with E-state index in [0.717, 1.165) is 31.6 Å². The first-order chi connectivity index (χ1) is 12.6. The largest absolute Gasteiger partial charge is 0.376 e. The van der Waals surface area contributed by atoms with Crippen LogP contribution in [0.15, 0.2) is 29.1 Å². The van der Waals surface area contributed by atoms with Crippen LogP contribution < -0.4 is 10.9 Å². The van der Waals surface area contributed by atoms with Gasteiger partial charge in [-0.05, 0) is 25.5 Å². The SMILES string of the molecule is C[C@@H]1CN2C[C@H](NC(=O)CCc3nc4ccccc4[nH]c3=O)C[C@H]2CO1. The van der Waals surface area contributed by atoms with Crippen LogP contribution in [0.25, 0.3) is 11.0 Å². The third-order valence-corrected chi connectivity index (χ3v) is 5.22. The van der Waals surface area contributed by atoms with E-state index in [1.165, 1.54) is 0 Å². The fourth-order valence-electron chi connectivity index (χ4n) is 3.91. The summed E-state index contributed by atoms with van der Waals surface area (Å²) in [5.74, 6) is -0.0295. The van der Waals surface area contributed by atoms with Gasteiger partial charge in [-0.15, -0.1) is 0 Å². The fourth-order valence-corrected chi connectivity index (χ4v) is 3.91. The fraction of sp³-hybridized carbons (Fsp3) is 0.526. The van der Waals surface area contributed by atoms with E-state index in [1.807, 2.05) is 24.3 Å². The normalized spacial score (nSPS) is 26.0. The molecule has 3 atom stereocenters. The molecule has 7 heteroatoms. The highest BCUT2D eigenvalue weighted by Crippen LogP contribution is 2.23. The number of ether oxygens (including phenoxy) is 1. The number of hydrogen-bond donors (Lipinski definition) is 2. The molecule has 26 heavy (non-hydrogen) atoms. The number of para-hydroxylation sites is 2. The van der Waals surface area contributed by atoms with E-state index in [0.29, 0.717) is 23.7 Å². The van der Waals surface area contributed by atoms with Crippen LogP contribution in [0.5, 0.6) is 0 Å². The third-order valence-electron chi connectivity index (χ3n) is 5.22. The summed E-state index contributed by atoms with van der Waals surface area (Å²) < 4.78 is 5.70. The molecule has 2 aromatic rings.